The van der Waals surface area contributed by atoms with Crippen LogP contribution in [0.5, 0.6) is 0 Å². The zero-order chi connectivity index (χ0) is 12.1. The molecular weight excluding hydrogens is 409 g/mol. The molecule has 6 heteroatoms. The number of rotatable bonds is 2. The zero-order valence-corrected chi connectivity index (χ0v) is 13.9. The van der Waals surface area contributed by atoms with Gasteiger partial charge < -0.3 is 15.4 Å². The summed E-state index contributed by atoms with van der Waals surface area (Å²) in [6, 6.07) is 8.09. The van der Waals surface area contributed by atoms with Gasteiger partial charge in [-0.3, -0.25) is 0 Å². The van der Waals surface area contributed by atoms with Crippen LogP contribution in [0.1, 0.15) is 5.56 Å². The van der Waals surface area contributed by atoms with Crippen molar-refractivity contribution in [2.45, 2.75) is 6.54 Å². The fraction of sp³-hybridized carbons (Fsp3) is 0.417. The van der Waals surface area contributed by atoms with Gasteiger partial charge in [0, 0.05) is 17.6 Å². The molecule has 100 valence electrons. The highest BCUT2D eigenvalue weighted by molar-refractivity contribution is 14.0. The molecule has 1 saturated heterocycles. The minimum absolute atomic E-state index is 0. The van der Waals surface area contributed by atoms with Crippen LogP contribution >= 0.6 is 39.9 Å². The van der Waals surface area contributed by atoms with E-state index in [1.54, 1.807) is 0 Å². The Kier molecular flexibility index (Phi) is 6.95. The SMILES string of the molecule is I.NC(=NCc1cccc(Br)c1)N1CCOCC1. The highest BCUT2D eigenvalue weighted by Gasteiger charge is 2.11. The van der Waals surface area contributed by atoms with E-state index in [1.807, 2.05) is 18.2 Å². The second-order valence-corrected chi connectivity index (χ2v) is 4.82. The van der Waals surface area contributed by atoms with Gasteiger partial charge in [0.2, 0.25) is 0 Å². The summed E-state index contributed by atoms with van der Waals surface area (Å²) in [5, 5.41) is 0. The number of hydrogen-bond acceptors (Lipinski definition) is 2. The molecule has 1 aliphatic rings. The minimum atomic E-state index is 0. The van der Waals surface area contributed by atoms with Crippen molar-refractivity contribution in [2.24, 2.45) is 10.7 Å². The molecule has 0 spiro atoms. The molecule has 0 amide bonds. The van der Waals surface area contributed by atoms with Crippen LogP contribution in [0.2, 0.25) is 0 Å². The summed E-state index contributed by atoms with van der Waals surface area (Å²) in [4.78, 5) is 6.46. The lowest BCUT2D eigenvalue weighted by molar-refractivity contribution is 0.0674. The van der Waals surface area contributed by atoms with Crippen molar-refractivity contribution >= 4 is 45.9 Å². The summed E-state index contributed by atoms with van der Waals surface area (Å²) in [7, 11) is 0. The molecule has 1 fully saturated rings. The Labute approximate surface area is 133 Å². The number of aliphatic imine (C=N–C) groups is 1. The predicted molar refractivity (Wildman–Crippen MR) is 87.3 cm³/mol. The molecule has 0 atom stereocenters. The number of guanidine groups is 1. The first-order valence-electron chi connectivity index (χ1n) is 5.63. The summed E-state index contributed by atoms with van der Waals surface area (Å²) >= 11 is 3.44. The van der Waals surface area contributed by atoms with Gasteiger partial charge in [-0.15, -0.1) is 24.0 Å². The van der Waals surface area contributed by atoms with Crippen molar-refractivity contribution in [3.8, 4) is 0 Å². The van der Waals surface area contributed by atoms with Crippen molar-refractivity contribution in [3.05, 3.63) is 34.3 Å². The van der Waals surface area contributed by atoms with Crippen molar-refractivity contribution in [3.63, 3.8) is 0 Å². The first-order valence-corrected chi connectivity index (χ1v) is 6.42. The van der Waals surface area contributed by atoms with Gasteiger partial charge in [0.25, 0.3) is 0 Å². The second kappa shape index (κ2) is 7.96. The van der Waals surface area contributed by atoms with Crippen LogP contribution in [0.4, 0.5) is 0 Å². The average molecular weight is 426 g/mol. The fourth-order valence-electron chi connectivity index (χ4n) is 1.70. The first-order chi connectivity index (χ1) is 8.25. The molecule has 2 N–H and O–H groups in total. The molecule has 1 aromatic rings. The summed E-state index contributed by atoms with van der Waals surface area (Å²) in [5.41, 5.74) is 7.09. The van der Waals surface area contributed by atoms with E-state index < -0.39 is 0 Å². The van der Waals surface area contributed by atoms with Crippen molar-refractivity contribution in [2.75, 3.05) is 26.3 Å². The minimum Gasteiger partial charge on any atom is -0.378 e. The van der Waals surface area contributed by atoms with Gasteiger partial charge in [0.15, 0.2) is 5.96 Å². The maximum absolute atomic E-state index is 5.94. The number of hydrogen-bond donors (Lipinski definition) is 1. The second-order valence-electron chi connectivity index (χ2n) is 3.90. The number of benzene rings is 1. The molecule has 4 nitrogen and oxygen atoms in total. The van der Waals surface area contributed by atoms with E-state index in [0.717, 1.165) is 36.3 Å². The summed E-state index contributed by atoms with van der Waals surface area (Å²) in [5.74, 6) is 0.605. The maximum atomic E-state index is 5.94. The molecule has 0 bridgehead atoms. The number of ether oxygens (including phenoxy) is 1. The Hall–Kier alpha value is -0.340. The van der Waals surface area contributed by atoms with Crippen LogP contribution in [-0.2, 0) is 11.3 Å². The summed E-state index contributed by atoms with van der Waals surface area (Å²) in [6.45, 7) is 3.73. The average Bonchev–Trinajstić information content (AvgIpc) is 2.37. The van der Waals surface area contributed by atoms with Gasteiger partial charge in [-0.2, -0.15) is 0 Å². The normalized spacial score (nSPS) is 16.3. The molecule has 0 radical (unpaired) electrons. The standard InChI is InChI=1S/C12H16BrN3O.HI/c13-11-3-1-2-10(8-11)9-15-12(14)16-4-6-17-7-5-16;/h1-3,8H,4-7,9H2,(H2,14,15);1H. The number of nitrogens with two attached hydrogens (primary N) is 1. The number of halogens is 2. The van der Waals surface area contributed by atoms with E-state index in [0.29, 0.717) is 12.5 Å². The number of nitrogens with zero attached hydrogens (tertiary/aromatic N) is 2. The lowest BCUT2D eigenvalue weighted by Crippen LogP contribution is -2.44. The van der Waals surface area contributed by atoms with Crippen LogP contribution in [0.3, 0.4) is 0 Å². The number of morpholine rings is 1. The Morgan fingerprint density at radius 3 is 2.78 bits per heavy atom. The highest BCUT2D eigenvalue weighted by atomic mass is 127. The monoisotopic (exact) mass is 425 g/mol. The maximum Gasteiger partial charge on any atom is 0.191 e. The zero-order valence-electron chi connectivity index (χ0n) is 10.0. The Morgan fingerprint density at radius 1 is 1.39 bits per heavy atom. The van der Waals surface area contributed by atoms with Crippen molar-refractivity contribution < 1.29 is 4.74 Å². The van der Waals surface area contributed by atoms with E-state index in [9.17, 15) is 0 Å². The van der Waals surface area contributed by atoms with Gasteiger partial charge in [0.1, 0.15) is 0 Å². The lowest BCUT2D eigenvalue weighted by Gasteiger charge is -2.27. The van der Waals surface area contributed by atoms with E-state index in [2.05, 4.69) is 31.9 Å². The fourth-order valence-corrected chi connectivity index (χ4v) is 2.15. The summed E-state index contributed by atoms with van der Waals surface area (Å²) < 4.78 is 6.33. The van der Waals surface area contributed by atoms with Gasteiger partial charge in [0.05, 0.1) is 19.8 Å². The molecule has 0 saturated carbocycles. The largest absolute Gasteiger partial charge is 0.378 e. The molecule has 0 aromatic heterocycles. The van der Waals surface area contributed by atoms with Gasteiger partial charge >= 0.3 is 0 Å². The van der Waals surface area contributed by atoms with Gasteiger partial charge in [-0.1, -0.05) is 28.1 Å². The van der Waals surface area contributed by atoms with Crippen LogP contribution < -0.4 is 5.73 Å². The van der Waals surface area contributed by atoms with Crippen LogP contribution in [0, 0.1) is 0 Å². The van der Waals surface area contributed by atoms with Crippen LogP contribution in [0.15, 0.2) is 33.7 Å². The topological polar surface area (TPSA) is 50.8 Å². The molecule has 0 unspecified atom stereocenters. The first kappa shape index (κ1) is 15.7. The van der Waals surface area contributed by atoms with E-state index in [-0.39, 0.29) is 24.0 Å². The van der Waals surface area contributed by atoms with Crippen LogP contribution in [-0.4, -0.2) is 37.2 Å². The molecule has 1 aliphatic heterocycles. The predicted octanol–water partition coefficient (Wildman–Crippen LogP) is 2.21. The van der Waals surface area contributed by atoms with Crippen LogP contribution in [0.25, 0.3) is 0 Å². The Balaban J connectivity index is 0.00000162. The smallest absolute Gasteiger partial charge is 0.191 e. The highest BCUT2D eigenvalue weighted by Crippen LogP contribution is 2.12. The van der Waals surface area contributed by atoms with E-state index in [1.165, 1.54) is 0 Å². The Morgan fingerprint density at radius 2 is 2.11 bits per heavy atom. The lowest BCUT2D eigenvalue weighted by atomic mass is 10.2. The molecule has 1 heterocycles. The van der Waals surface area contributed by atoms with Gasteiger partial charge in [-0.25, -0.2) is 4.99 Å². The van der Waals surface area contributed by atoms with E-state index >= 15 is 0 Å². The molecule has 1 aromatic carbocycles. The summed E-state index contributed by atoms with van der Waals surface area (Å²) in [6.07, 6.45) is 0. The molecular formula is C12H17BrIN3O. The van der Waals surface area contributed by atoms with E-state index in [4.69, 9.17) is 10.5 Å². The Bertz CT molecular complexity index is 408. The quantitative estimate of drug-likeness (QED) is 0.449. The molecule has 18 heavy (non-hydrogen) atoms. The third kappa shape index (κ3) is 4.74. The third-order valence-electron chi connectivity index (χ3n) is 2.65. The third-order valence-corrected chi connectivity index (χ3v) is 3.14. The van der Waals surface area contributed by atoms with Crippen molar-refractivity contribution in [1.82, 2.24) is 4.90 Å². The van der Waals surface area contributed by atoms with Crippen molar-refractivity contribution in [1.29, 1.82) is 0 Å². The molecule has 2 rings (SSSR count). The van der Waals surface area contributed by atoms with Gasteiger partial charge in [-0.05, 0) is 17.7 Å². The molecule has 0 aliphatic carbocycles.